The van der Waals surface area contributed by atoms with Gasteiger partial charge in [0, 0.05) is 55.6 Å². The van der Waals surface area contributed by atoms with Crippen LogP contribution in [0, 0.1) is 0 Å². The molecule has 0 aliphatic carbocycles. The molecule has 42 heavy (non-hydrogen) atoms. The average Bonchev–Trinajstić information content (AvgIpc) is 3.60. The van der Waals surface area contributed by atoms with Gasteiger partial charge in [-0.3, -0.25) is 9.48 Å². The summed E-state index contributed by atoms with van der Waals surface area (Å²) in [5.41, 5.74) is 4.06. The number of carbonyl (C=O) groups is 1. The Labute approximate surface area is 241 Å². The van der Waals surface area contributed by atoms with E-state index in [1.807, 2.05) is 19.2 Å². The fraction of sp³-hybridized carbons (Fsp3) is 0.321. The largest absolute Gasteiger partial charge is 0.472 e. The standard InChI is InChI=1S/C28H29N7O6S/c1-16(37)31-23-10-22(32-24-8-18(9-25(34-24)42(3,38)39)28(14-36)6-7-40-15-28)20(12-29-23)21-5-4-19-26-17(11-30-35(26)2)13-41-27(19)33-21/h4-5,8-12,36H,6-7,13-15H2,1-3H3,(H2,29,31,32,34,37). The Bertz CT molecular complexity index is 1820. The van der Waals surface area contributed by atoms with Crippen LogP contribution in [0.15, 0.2) is 47.8 Å². The molecule has 1 amide bonds. The summed E-state index contributed by atoms with van der Waals surface area (Å²) in [4.78, 5) is 25.3. The number of ether oxygens (including phenoxy) is 2. The van der Waals surface area contributed by atoms with Crippen molar-refractivity contribution in [2.45, 2.75) is 30.4 Å². The first-order valence-electron chi connectivity index (χ1n) is 13.2. The molecule has 13 nitrogen and oxygen atoms in total. The molecule has 4 aromatic rings. The number of pyridine rings is 3. The van der Waals surface area contributed by atoms with E-state index in [0.717, 1.165) is 23.1 Å². The van der Waals surface area contributed by atoms with Crippen molar-refractivity contribution in [2.24, 2.45) is 7.05 Å². The maximum atomic E-state index is 12.6. The van der Waals surface area contributed by atoms with Gasteiger partial charge in [0.05, 0.1) is 42.0 Å². The molecule has 2 aliphatic rings. The number of anilines is 3. The van der Waals surface area contributed by atoms with E-state index in [2.05, 4.69) is 25.7 Å². The average molecular weight is 592 g/mol. The number of rotatable bonds is 7. The minimum Gasteiger partial charge on any atom is -0.472 e. The van der Waals surface area contributed by atoms with E-state index in [1.54, 1.807) is 29.2 Å². The number of aryl methyl sites for hydroxylation is 1. The van der Waals surface area contributed by atoms with Crippen LogP contribution >= 0.6 is 0 Å². The molecule has 4 aromatic heterocycles. The smallest absolute Gasteiger partial charge is 0.223 e. The Morgan fingerprint density at radius 2 is 1.98 bits per heavy atom. The molecule has 218 valence electrons. The second-order valence-electron chi connectivity index (χ2n) is 10.5. The molecule has 3 N–H and O–H groups in total. The molecule has 0 bridgehead atoms. The first-order chi connectivity index (χ1) is 20.1. The number of nitrogens with zero attached hydrogens (tertiary/aromatic N) is 5. The van der Waals surface area contributed by atoms with Crippen molar-refractivity contribution in [2.75, 3.05) is 36.7 Å². The maximum Gasteiger partial charge on any atom is 0.223 e. The number of aliphatic hydroxyl groups excluding tert-OH is 1. The Morgan fingerprint density at radius 1 is 1.14 bits per heavy atom. The molecule has 0 saturated carbocycles. The number of aliphatic hydroxyl groups is 1. The summed E-state index contributed by atoms with van der Waals surface area (Å²) in [5, 5.41) is 20.3. The van der Waals surface area contributed by atoms with E-state index in [0.29, 0.717) is 48.0 Å². The second-order valence-corrected chi connectivity index (χ2v) is 12.5. The van der Waals surface area contributed by atoms with Gasteiger partial charge in [-0.25, -0.2) is 23.4 Å². The van der Waals surface area contributed by atoms with E-state index in [4.69, 9.17) is 14.5 Å². The van der Waals surface area contributed by atoms with Gasteiger partial charge >= 0.3 is 0 Å². The number of hydrogen-bond acceptors (Lipinski definition) is 11. The summed E-state index contributed by atoms with van der Waals surface area (Å²) >= 11 is 0. The van der Waals surface area contributed by atoms with Crippen LogP contribution < -0.4 is 15.4 Å². The fourth-order valence-electron chi connectivity index (χ4n) is 5.23. The van der Waals surface area contributed by atoms with Gasteiger partial charge in [0.15, 0.2) is 14.9 Å². The van der Waals surface area contributed by atoms with Crippen LogP contribution in [0.1, 0.15) is 24.5 Å². The van der Waals surface area contributed by atoms with Crippen LogP contribution in [0.25, 0.3) is 22.5 Å². The molecule has 0 aromatic carbocycles. The zero-order valence-electron chi connectivity index (χ0n) is 23.2. The van der Waals surface area contributed by atoms with Crippen LogP contribution in [0.3, 0.4) is 0 Å². The molecule has 1 unspecified atom stereocenters. The quantitative estimate of drug-likeness (QED) is 0.289. The van der Waals surface area contributed by atoms with Crippen LogP contribution in [0.5, 0.6) is 5.88 Å². The molecule has 1 saturated heterocycles. The third-order valence-electron chi connectivity index (χ3n) is 7.44. The summed E-state index contributed by atoms with van der Waals surface area (Å²) in [6, 6.07) is 8.53. The number of sulfone groups is 1. The maximum absolute atomic E-state index is 12.6. The van der Waals surface area contributed by atoms with E-state index in [-0.39, 0.29) is 35.8 Å². The lowest BCUT2D eigenvalue weighted by molar-refractivity contribution is -0.114. The molecule has 14 heteroatoms. The Morgan fingerprint density at radius 3 is 2.69 bits per heavy atom. The first kappa shape index (κ1) is 27.8. The van der Waals surface area contributed by atoms with Crippen molar-refractivity contribution in [3.8, 4) is 28.4 Å². The van der Waals surface area contributed by atoms with Gasteiger partial charge in [-0.15, -0.1) is 0 Å². The molecular formula is C28H29N7O6S. The van der Waals surface area contributed by atoms with Gasteiger partial charge in [-0.1, -0.05) is 0 Å². The molecule has 1 atom stereocenters. The van der Waals surface area contributed by atoms with Crippen LogP contribution in [0.2, 0.25) is 0 Å². The van der Waals surface area contributed by atoms with Gasteiger partial charge in [0.2, 0.25) is 11.8 Å². The fourth-order valence-corrected chi connectivity index (χ4v) is 5.83. The van der Waals surface area contributed by atoms with Gasteiger partial charge < -0.3 is 25.2 Å². The highest BCUT2D eigenvalue weighted by Gasteiger charge is 2.37. The lowest BCUT2D eigenvalue weighted by Gasteiger charge is -2.26. The number of carbonyl (C=O) groups excluding carboxylic acids is 1. The van der Waals surface area contributed by atoms with Crippen molar-refractivity contribution in [1.29, 1.82) is 0 Å². The van der Waals surface area contributed by atoms with Crippen LogP contribution in [0.4, 0.5) is 17.3 Å². The summed E-state index contributed by atoms with van der Waals surface area (Å²) < 4.78 is 38.5. The van der Waals surface area contributed by atoms with Crippen LogP contribution in [-0.4, -0.2) is 70.2 Å². The van der Waals surface area contributed by atoms with E-state index in [9.17, 15) is 18.3 Å². The molecule has 2 aliphatic heterocycles. The molecular weight excluding hydrogens is 562 g/mol. The third kappa shape index (κ3) is 5.08. The highest BCUT2D eigenvalue weighted by atomic mass is 32.2. The summed E-state index contributed by atoms with van der Waals surface area (Å²) in [5.74, 6) is 0.630. The van der Waals surface area contributed by atoms with Gasteiger partial charge in [-0.05, 0) is 36.2 Å². The van der Waals surface area contributed by atoms with E-state index < -0.39 is 15.3 Å². The third-order valence-corrected chi connectivity index (χ3v) is 8.41. The Hall–Kier alpha value is -4.40. The lowest BCUT2D eigenvalue weighted by Crippen LogP contribution is -2.31. The normalized spacial score (nSPS) is 17.7. The second kappa shape index (κ2) is 10.5. The number of nitrogens with one attached hydrogen (secondary N) is 2. The zero-order chi connectivity index (χ0) is 29.6. The summed E-state index contributed by atoms with van der Waals surface area (Å²) in [6.45, 7) is 2.18. The van der Waals surface area contributed by atoms with Crippen molar-refractivity contribution in [3.05, 3.63) is 53.9 Å². The molecule has 0 radical (unpaired) electrons. The lowest BCUT2D eigenvalue weighted by atomic mass is 9.81. The summed E-state index contributed by atoms with van der Waals surface area (Å²) in [6.07, 6.45) is 4.93. The molecule has 6 heterocycles. The highest BCUT2D eigenvalue weighted by Crippen LogP contribution is 2.40. The van der Waals surface area contributed by atoms with Crippen molar-refractivity contribution < 1.29 is 27.8 Å². The predicted molar refractivity (Wildman–Crippen MR) is 153 cm³/mol. The Balaban J connectivity index is 1.46. The van der Waals surface area contributed by atoms with Crippen molar-refractivity contribution >= 4 is 33.1 Å². The minimum absolute atomic E-state index is 0.146. The van der Waals surface area contributed by atoms with Gasteiger partial charge in [0.25, 0.3) is 0 Å². The monoisotopic (exact) mass is 591 g/mol. The predicted octanol–water partition coefficient (Wildman–Crippen LogP) is 2.59. The highest BCUT2D eigenvalue weighted by molar-refractivity contribution is 7.90. The minimum atomic E-state index is -3.70. The van der Waals surface area contributed by atoms with Crippen molar-refractivity contribution in [3.63, 3.8) is 0 Å². The van der Waals surface area contributed by atoms with Gasteiger partial charge in [-0.2, -0.15) is 5.10 Å². The topological polar surface area (TPSA) is 170 Å². The number of aromatic nitrogens is 5. The van der Waals surface area contributed by atoms with Gasteiger partial charge in [0.1, 0.15) is 18.2 Å². The molecule has 1 fully saturated rings. The molecule has 0 spiro atoms. The first-order valence-corrected chi connectivity index (χ1v) is 15.1. The zero-order valence-corrected chi connectivity index (χ0v) is 24.0. The van der Waals surface area contributed by atoms with Crippen molar-refractivity contribution in [1.82, 2.24) is 24.7 Å². The number of fused-ring (bicyclic) bond motifs is 3. The number of hydrogen-bond donors (Lipinski definition) is 3. The van der Waals surface area contributed by atoms with Crippen LogP contribution in [-0.2, 0) is 38.4 Å². The molecule has 6 rings (SSSR count). The number of amides is 1. The Kier molecular flexibility index (Phi) is 6.91. The van der Waals surface area contributed by atoms with E-state index >= 15 is 0 Å². The SMILES string of the molecule is CC(=O)Nc1cc(Nc2cc(C3(CO)CCOC3)cc(S(C)(=O)=O)n2)c(-c2ccc3c(n2)OCc2cnn(C)c2-3)cn1. The van der Waals surface area contributed by atoms with E-state index in [1.165, 1.54) is 13.0 Å². The summed E-state index contributed by atoms with van der Waals surface area (Å²) in [7, 11) is -1.84.